The second kappa shape index (κ2) is 7.57. The van der Waals surface area contributed by atoms with Gasteiger partial charge in [0, 0.05) is 18.1 Å². The lowest BCUT2D eigenvalue weighted by molar-refractivity contribution is -0.137. The largest absolute Gasteiger partial charge is 0.505 e. The van der Waals surface area contributed by atoms with Gasteiger partial charge in [-0.2, -0.15) is 13.2 Å². The van der Waals surface area contributed by atoms with Crippen LogP contribution in [0.15, 0.2) is 42.5 Å². The van der Waals surface area contributed by atoms with Crippen LogP contribution in [0, 0.1) is 0 Å². The van der Waals surface area contributed by atoms with E-state index in [1.807, 2.05) is 0 Å². The van der Waals surface area contributed by atoms with Gasteiger partial charge in [0.05, 0.1) is 12.7 Å². The maximum atomic E-state index is 12.9. The number of Topliss-reactive ketones (excluding diaryl/α,β-unsaturated/α-hetero) is 1. The quantitative estimate of drug-likeness (QED) is 0.621. The van der Waals surface area contributed by atoms with Gasteiger partial charge in [0.15, 0.2) is 5.78 Å². The van der Waals surface area contributed by atoms with Gasteiger partial charge in [-0.15, -0.1) is 15.0 Å². The van der Waals surface area contributed by atoms with E-state index in [2.05, 4.69) is 16.8 Å². The number of hydrogen-bond donors (Lipinski definition) is 1. The number of fused-ring (bicyclic) bond motifs is 1. The minimum atomic E-state index is -4.50. The summed E-state index contributed by atoms with van der Waals surface area (Å²) in [6.07, 6.45) is -4.14. The van der Waals surface area contributed by atoms with Crippen molar-refractivity contribution in [2.24, 2.45) is 0 Å². The number of methoxy groups -OCH3 is 1. The Morgan fingerprint density at radius 2 is 1.90 bits per heavy atom. The molecule has 1 N–H and O–H groups in total. The van der Waals surface area contributed by atoms with Crippen molar-refractivity contribution in [2.45, 2.75) is 25.9 Å². The van der Waals surface area contributed by atoms with Crippen LogP contribution in [-0.2, 0) is 17.4 Å². The van der Waals surface area contributed by atoms with Crippen molar-refractivity contribution >= 4 is 16.8 Å². The van der Waals surface area contributed by atoms with E-state index in [1.54, 1.807) is 13.0 Å². The number of benzene rings is 2. The average molecular weight is 405 g/mol. The zero-order valence-corrected chi connectivity index (χ0v) is 15.7. The number of carbonyl (C=O) groups excluding carboxylic acids is 1. The summed E-state index contributed by atoms with van der Waals surface area (Å²) in [6.45, 7) is 5.20. The number of alkyl halides is 3. The fourth-order valence-corrected chi connectivity index (χ4v) is 2.77. The van der Waals surface area contributed by atoms with E-state index in [-0.39, 0.29) is 41.1 Å². The van der Waals surface area contributed by atoms with Crippen molar-refractivity contribution < 1.29 is 27.8 Å². The van der Waals surface area contributed by atoms with Crippen molar-refractivity contribution in [1.82, 2.24) is 15.0 Å². The molecule has 0 unspecified atom stereocenters. The average Bonchev–Trinajstić information content (AvgIpc) is 3.09. The van der Waals surface area contributed by atoms with Crippen LogP contribution in [-0.4, -0.2) is 33.0 Å². The first-order valence-corrected chi connectivity index (χ1v) is 8.63. The Balaban J connectivity index is 2.04. The Kier molecular flexibility index (Phi) is 5.32. The molecule has 9 heteroatoms. The predicted octanol–water partition coefficient (Wildman–Crippen LogP) is 4.23. The minimum Gasteiger partial charge on any atom is -0.505 e. The summed E-state index contributed by atoms with van der Waals surface area (Å²) in [6, 6.07) is 6.06. The van der Waals surface area contributed by atoms with Crippen LogP contribution < -0.4 is 4.74 Å². The molecular formula is C20H18F3N3O3. The van der Waals surface area contributed by atoms with Gasteiger partial charge in [-0.3, -0.25) is 4.79 Å². The highest BCUT2D eigenvalue weighted by Crippen LogP contribution is 2.34. The van der Waals surface area contributed by atoms with Crippen molar-refractivity contribution in [3.63, 3.8) is 0 Å². The molecule has 3 rings (SSSR count). The third-order valence-corrected chi connectivity index (χ3v) is 4.40. The number of phenolic OH excluding ortho intramolecular Hbond substituents is 1. The number of rotatable bonds is 6. The molecule has 1 aromatic heterocycles. The number of allylic oxidation sites excluding steroid dienone is 1. The molecule has 152 valence electrons. The molecule has 29 heavy (non-hydrogen) atoms. The standard InChI is InChI=1S/C20H18F3N3O3/c1-11(2)18(27)7-4-12-8-14(29-3)10-17(19(12)28)26-24-15-6-5-13(20(21,22)23)9-16(15)25-26/h5-6,8-10,28H,1,4,7H2,2-3H3. The van der Waals surface area contributed by atoms with Crippen LogP contribution in [0.5, 0.6) is 11.5 Å². The fourth-order valence-electron chi connectivity index (χ4n) is 2.77. The van der Waals surface area contributed by atoms with Crippen LogP contribution in [0.3, 0.4) is 0 Å². The number of carbonyl (C=O) groups is 1. The molecule has 2 aromatic carbocycles. The third-order valence-electron chi connectivity index (χ3n) is 4.40. The number of aryl methyl sites for hydroxylation is 1. The molecule has 0 bridgehead atoms. The molecule has 0 aliphatic heterocycles. The van der Waals surface area contributed by atoms with Crippen LogP contribution in [0.4, 0.5) is 13.2 Å². The van der Waals surface area contributed by atoms with Gasteiger partial charge < -0.3 is 9.84 Å². The summed E-state index contributed by atoms with van der Waals surface area (Å²) in [4.78, 5) is 12.9. The Morgan fingerprint density at radius 3 is 2.52 bits per heavy atom. The van der Waals surface area contributed by atoms with E-state index < -0.39 is 11.7 Å². The highest BCUT2D eigenvalue weighted by Gasteiger charge is 2.31. The molecular weight excluding hydrogens is 387 g/mol. The van der Waals surface area contributed by atoms with Crippen LogP contribution >= 0.6 is 0 Å². The first kappa shape index (κ1) is 20.4. The van der Waals surface area contributed by atoms with Gasteiger partial charge in [0.2, 0.25) is 0 Å². The van der Waals surface area contributed by atoms with Crippen molar-refractivity contribution in [3.8, 4) is 17.2 Å². The maximum Gasteiger partial charge on any atom is 0.416 e. The summed E-state index contributed by atoms with van der Waals surface area (Å²) in [5, 5.41) is 18.9. The number of aromatic nitrogens is 3. The van der Waals surface area contributed by atoms with E-state index in [9.17, 15) is 23.1 Å². The summed E-state index contributed by atoms with van der Waals surface area (Å²) in [7, 11) is 1.43. The van der Waals surface area contributed by atoms with Gasteiger partial charge in [0.1, 0.15) is 28.2 Å². The summed E-state index contributed by atoms with van der Waals surface area (Å²) in [5.74, 6) is 0.0565. The van der Waals surface area contributed by atoms with Gasteiger partial charge >= 0.3 is 6.18 Å². The zero-order valence-electron chi connectivity index (χ0n) is 15.7. The topological polar surface area (TPSA) is 77.2 Å². The molecule has 0 atom stereocenters. The smallest absolute Gasteiger partial charge is 0.416 e. The second-order valence-corrected chi connectivity index (χ2v) is 6.55. The summed E-state index contributed by atoms with van der Waals surface area (Å²) < 4.78 is 44.0. The van der Waals surface area contributed by atoms with Gasteiger partial charge in [0.25, 0.3) is 0 Å². The number of ketones is 1. The van der Waals surface area contributed by atoms with Gasteiger partial charge in [-0.05, 0) is 43.2 Å². The highest BCUT2D eigenvalue weighted by molar-refractivity contribution is 5.94. The van der Waals surface area contributed by atoms with E-state index in [4.69, 9.17) is 4.74 Å². The lowest BCUT2D eigenvalue weighted by Crippen LogP contribution is -2.05. The van der Waals surface area contributed by atoms with Crippen molar-refractivity contribution in [3.05, 3.63) is 53.6 Å². The number of nitrogens with zero attached hydrogens (tertiary/aromatic N) is 3. The number of ether oxygens (including phenoxy) is 1. The molecule has 0 fully saturated rings. The molecule has 0 aliphatic carbocycles. The lowest BCUT2D eigenvalue weighted by Gasteiger charge is -2.11. The molecule has 0 radical (unpaired) electrons. The molecule has 1 heterocycles. The summed E-state index contributed by atoms with van der Waals surface area (Å²) in [5.41, 5.74) is 0.387. The van der Waals surface area contributed by atoms with E-state index in [1.165, 1.54) is 19.2 Å². The number of aromatic hydroxyl groups is 1. The third kappa shape index (κ3) is 4.23. The highest BCUT2D eigenvalue weighted by atomic mass is 19.4. The molecule has 0 aliphatic rings. The molecule has 0 spiro atoms. The van der Waals surface area contributed by atoms with E-state index >= 15 is 0 Å². The summed E-state index contributed by atoms with van der Waals surface area (Å²) >= 11 is 0. The van der Waals surface area contributed by atoms with Crippen LogP contribution in [0.25, 0.3) is 16.7 Å². The first-order valence-electron chi connectivity index (χ1n) is 8.63. The van der Waals surface area contributed by atoms with E-state index in [0.717, 1.165) is 16.9 Å². The van der Waals surface area contributed by atoms with Gasteiger partial charge in [-0.1, -0.05) is 6.58 Å². The van der Waals surface area contributed by atoms with E-state index in [0.29, 0.717) is 16.9 Å². The van der Waals surface area contributed by atoms with Crippen molar-refractivity contribution in [2.75, 3.05) is 7.11 Å². The Morgan fingerprint density at radius 1 is 1.21 bits per heavy atom. The first-order chi connectivity index (χ1) is 13.6. The fraction of sp³-hybridized carbons (Fsp3) is 0.250. The number of phenols is 1. The molecule has 3 aromatic rings. The van der Waals surface area contributed by atoms with Crippen LogP contribution in [0.2, 0.25) is 0 Å². The predicted molar refractivity (Wildman–Crippen MR) is 100 cm³/mol. The zero-order chi connectivity index (χ0) is 21.3. The van der Waals surface area contributed by atoms with Crippen molar-refractivity contribution in [1.29, 1.82) is 0 Å². The Hall–Kier alpha value is -3.36. The Labute approximate surface area is 164 Å². The molecule has 0 saturated heterocycles. The molecule has 0 amide bonds. The normalized spacial score (nSPS) is 11.6. The minimum absolute atomic E-state index is 0.0288. The number of hydrogen-bond acceptors (Lipinski definition) is 5. The molecule has 6 nitrogen and oxygen atoms in total. The second-order valence-electron chi connectivity index (χ2n) is 6.55. The molecule has 0 saturated carbocycles. The Bertz CT molecular complexity index is 1100. The SMILES string of the molecule is C=C(C)C(=O)CCc1cc(OC)cc(-n2nc3ccc(C(F)(F)F)cc3n2)c1O. The van der Waals surface area contributed by atoms with Gasteiger partial charge in [-0.25, -0.2) is 0 Å². The maximum absolute atomic E-state index is 12.9. The lowest BCUT2D eigenvalue weighted by atomic mass is 10.0. The monoisotopic (exact) mass is 405 g/mol. The number of halogens is 3. The van der Waals surface area contributed by atoms with Crippen LogP contribution in [0.1, 0.15) is 24.5 Å².